The molecule has 0 heterocycles. The number of methoxy groups -OCH3 is 1. The van der Waals surface area contributed by atoms with Gasteiger partial charge in [-0.3, -0.25) is 0 Å². The number of hydrogen-bond acceptors (Lipinski definition) is 2. The van der Waals surface area contributed by atoms with Crippen molar-refractivity contribution < 1.29 is 4.74 Å². The van der Waals surface area contributed by atoms with E-state index < -0.39 is 0 Å². The van der Waals surface area contributed by atoms with Gasteiger partial charge >= 0.3 is 0 Å². The van der Waals surface area contributed by atoms with Gasteiger partial charge in [0.25, 0.3) is 0 Å². The maximum absolute atomic E-state index is 5.56. The largest absolute Gasteiger partial charge is 0.496 e. The van der Waals surface area contributed by atoms with Gasteiger partial charge in [0.1, 0.15) is 5.75 Å². The van der Waals surface area contributed by atoms with Crippen molar-refractivity contribution in [1.82, 2.24) is 4.90 Å². The van der Waals surface area contributed by atoms with Gasteiger partial charge in [0, 0.05) is 12.1 Å². The summed E-state index contributed by atoms with van der Waals surface area (Å²) in [6.07, 6.45) is 5.21. The van der Waals surface area contributed by atoms with Crippen LogP contribution in [0.3, 0.4) is 0 Å². The Bertz CT molecular complexity index is 897. The Morgan fingerprint density at radius 2 is 1.54 bits per heavy atom. The van der Waals surface area contributed by atoms with Crippen LogP contribution in [0.15, 0.2) is 72.8 Å². The zero-order chi connectivity index (χ0) is 19.8. The van der Waals surface area contributed by atoms with Gasteiger partial charge in [-0.1, -0.05) is 79.7 Å². The van der Waals surface area contributed by atoms with Crippen LogP contribution in [0, 0.1) is 0 Å². The highest BCUT2D eigenvalue weighted by Crippen LogP contribution is 2.24. The second-order valence-electron chi connectivity index (χ2n) is 7.14. The summed E-state index contributed by atoms with van der Waals surface area (Å²) in [4.78, 5) is 2.30. The van der Waals surface area contributed by atoms with Crippen molar-refractivity contribution in [2.45, 2.75) is 19.9 Å². The van der Waals surface area contributed by atoms with Gasteiger partial charge in [-0.05, 0) is 54.4 Å². The Balaban J connectivity index is 1.75. The second kappa shape index (κ2) is 9.91. The Kier molecular flexibility index (Phi) is 7.05. The lowest BCUT2D eigenvalue weighted by molar-refractivity contribution is 0.346. The monoisotopic (exact) mass is 371 g/mol. The van der Waals surface area contributed by atoms with E-state index in [4.69, 9.17) is 4.74 Å². The van der Waals surface area contributed by atoms with Crippen molar-refractivity contribution in [3.63, 3.8) is 0 Å². The molecule has 0 N–H and O–H groups in total. The smallest absolute Gasteiger partial charge is 0.126 e. The summed E-state index contributed by atoms with van der Waals surface area (Å²) < 4.78 is 5.56. The lowest BCUT2D eigenvalue weighted by atomic mass is 10.0. The Morgan fingerprint density at radius 3 is 2.21 bits per heavy atom. The van der Waals surface area contributed by atoms with Gasteiger partial charge in [0.15, 0.2) is 0 Å². The fraction of sp³-hybridized carbons (Fsp3) is 0.231. The predicted molar refractivity (Wildman–Crippen MR) is 120 cm³/mol. The standard InChI is InChI=1S/C26H29NO/c1-4-27(2)20-23-12-10-21(11-13-23)14-16-25-19-24(15-17-26(25)28-3)18-22-8-6-5-7-9-22/h5-17,19H,4,18,20H2,1-3H3/b16-14+. The topological polar surface area (TPSA) is 12.5 Å². The Labute approximate surface area is 169 Å². The van der Waals surface area contributed by atoms with Crippen LogP contribution in [0.5, 0.6) is 5.75 Å². The van der Waals surface area contributed by atoms with Crippen LogP contribution >= 0.6 is 0 Å². The van der Waals surface area contributed by atoms with E-state index in [0.29, 0.717) is 0 Å². The van der Waals surface area contributed by atoms with Crippen molar-refractivity contribution in [3.8, 4) is 5.75 Å². The van der Waals surface area contributed by atoms with Gasteiger partial charge in [0.2, 0.25) is 0 Å². The molecule has 0 saturated carbocycles. The molecule has 0 saturated heterocycles. The van der Waals surface area contributed by atoms with E-state index in [-0.39, 0.29) is 0 Å². The Hall–Kier alpha value is -2.84. The molecule has 0 atom stereocenters. The molecule has 0 aliphatic rings. The van der Waals surface area contributed by atoms with Crippen LogP contribution in [0.2, 0.25) is 0 Å². The second-order valence-corrected chi connectivity index (χ2v) is 7.14. The van der Waals surface area contributed by atoms with E-state index in [9.17, 15) is 0 Å². The summed E-state index contributed by atoms with van der Waals surface area (Å²) in [7, 11) is 3.87. The Morgan fingerprint density at radius 1 is 0.821 bits per heavy atom. The first kappa shape index (κ1) is 19.9. The zero-order valence-corrected chi connectivity index (χ0v) is 17.1. The van der Waals surface area contributed by atoms with Crippen molar-refractivity contribution in [3.05, 3.63) is 101 Å². The minimum Gasteiger partial charge on any atom is -0.496 e. The SMILES string of the molecule is CCN(C)Cc1ccc(/C=C/c2cc(Cc3ccccc3)ccc2OC)cc1. The third-order valence-corrected chi connectivity index (χ3v) is 4.97. The van der Waals surface area contributed by atoms with E-state index in [1.54, 1.807) is 7.11 Å². The number of rotatable bonds is 8. The minimum atomic E-state index is 0.897. The summed E-state index contributed by atoms with van der Waals surface area (Å²) in [5.74, 6) is 0.897. The molecule has 0 amide bonds. The fourth-order valence-electron chi connectivity index (χ4n) is 3.20. The molecule has 3 aromatic rings. The molecule has 0 bridgehead atoms. The van der Waals surface area contributed by atoms with Crippen LogP contribution < -0.4 is 4.74 Å². The van der Waals surface area contributed by atoms with Crippen LogP contribution in [-0.4, -0.2) is 25.6 Å². The van der Waals surface area contributed by atoms with E-state index in [0.717, 1.165) is 30.8 Å². The molecule has 0 aliphatic heterocycles. The molecule has 3 aromatic carbocycles. The quantitative estimate of drug-likeness (QED) is 0.457. The van der Waals surface area contributed by atoms with Gasteiger partial charge < -0.3 is 9.64 Å². The molecule has 28 heavy (non-hydrogen) atoms. The molecule has 0 aromatic heterocycles. The van der Waals surface area contributed by atoms with Crippen LogP contribution in [0.1, 0.15) is 34.7 Å². The van der Waals surface area contributed by atoms with Crippen LogP contribution in [-0.2, 0) is 13.0 Å². The molecule has 3 rings (SSSR count). The average Bonchev–Trinajstić information content (AvgIpc) is 2.74. The summed E-state index contributed by atoms with van der Waals surface area (Å²) >= 11 is 0. The number of nitrogens with zero attached hydrogens (tertiary/aromatic N) is 1. The van der Waals surface area contributed by atoms with Gasteiger partial charge in [0.05, 0.1) is 7.11 Å². The van der Waals surface area contributed by atoms with E-state index in [2.05, 4.69) is 104 Å². The lowest BCUT2D eigenvalue weighted by Gasteiger charge is -2.13. The van der Waals surface area contributed by atoms with Gasteiger partial charge in [-0.25, -0.2) is 0 Å². The molecule has 144 valence electrons. The maximum atomic E-state index is 5.56. The fourth-order valence-corrected chi connectivity index (χ4v) is 3.20. The first-order valence-corrected chi connectivity index (χ1v) is 9.84. The summed E-state index contributed by atoms with van der Waals surface area (Å²) in [5, 5.41) is 0. The van der Waals surface area contributed by atoms with E-state index >= 15 is 0 Å². The molecular weight excluding hydrogens is 342 g/mol. The van der Waals surface area contributed by atoms with Gasteiger partial charge in [-0.2, -0.15) is 0 Å². The molecule has 0 radical (unpaired) electrons. The van der Waals surface area contributed by atoms with E-state index in [1.165, 1.54) is 22.3 Å². The average molecular weight is 372 g/mol. The number of benzene rings is 3. The lowest BCUT2D eigenvalue weighted by Crippen LogP contribution is -2.16. The number of ether oxygens (including phenoxy) is 1. The van der Waals surface area contributed by atoms with E-state index in [1.807, 2.05) is 0 Å². The van der Waals surface area contributed by atoms with Crippen molar-refractivity contribution in [2.24, 2.45) is 0 Å². The first-order chi connectivity index (χ1) is 13.7. The third kappa shape index (κ3) is 5.58. The maximum Gasteiger partial charge on any atom is 0.126 e. The van der Waals surface area contributed by atoms with Crippen molar-refractivity contribution >= 4 is 12.2 Å². The molecule has 0 fully saturated rings. The molecule has 0 unspecified atom stereocenters. The van der Waals surface area contributed by atoms with Crippen molar-refractivity contribution in [2.75, 3.05) is 20.7 Å². The highest BCUT2D eigenvalue weighted by atomic mass is 16.5. The minimum absolute atomic E-state index is 0.897. The summed E-state index contributed by atoms with van der Waals surface area (Å²) in [6.45, 7) is 4.22. The zero-order valence-electron chi connectivity index (χ0n) is 17.1. The highest BCUT2D eigenvalue weighted by molar-refractivity contribution is 5.73. The van der Waals surface area contributed by atoms with Gasteiger partial charge in [-0.15, -0.1) is 0 Å². The first-order valence-electron chi connectivity index (χ1n) is 9.84. The molecule has 2 heteroatoms. The molecule has 0 spiro atoms. The van der Waals surface area contributed by atoms with Crippen LogP contribution in [0.25, 0.3) is 12.2 Å². The molecular formula is C26H29NO. The normalized spacial score (nSPS) is 11.3. The third-order valence-electron chi connectivity index (χ3n) is 4.97. The van der Waals surface area contributed by atoms with Crippen LogP contribution in [0.4, 0.5) is 0 Å². The summed E-state index contributed by atoms with van der Waals surface area (Å²) in [5.41, 5.74) is 6.23. The highest BCUT2D eigenvalue weighted by Gasteiger charge is 2.03. The molecule has 0 aliphatic carbocycles. The van der Waals surface area contributed by atoms with Crippen molar-refractivity contribution in [1.29, 1.82) is 0 Å². The number of hydrogen-bond donors (Lipinski definition) is 0. The molecule has 2 nitrogen and oxygen atoms in total. The summed E-state index contributed by atoms with van der Waals surface area (Å²) in [6, 6.07) is 25.7. The predicted octanol–water partition coefficient (Wildman–Crippen LogP) is 5.91.